The van der Waals surface area contributed by atoms with Gasteiger partial charge < -0.3 is 10.1 Å². The predicted molar refractivity (Wildman–Crippen MR) is 133 cm³/mol. The van der Waals surface area contributed by atoms with Crippen molar-refractivity contribution in [1.82, 2.24) is 14.8 Å². The summed E-state index contributed by atoms with van der Waals surface area (Å²) in [5, 5.41) is 12.5. The van der Waals surface area contributed by atoms with Crippen molar-refractivity contribution in [1.29, 1.82) is 0 Å². The molecule has 1 aromatic heterocycles. The van der Waals surface area contributed by atoms with E-state index in [1.807, 2.05) is 89.5 Å². The lowest BCUT2D eigenvalue weighted by atomic mass is 10.1. The van der Waals surface area contributed by atoms with Gasteiger partial charge >= 0.3 is 0 Å². The van der Waals surface area contributed by atoms with Crippen LogP contribution in [0, 0.1) is 0 Å². The average Bonchev–Trinajstić information content (AvgIpc) is 3.26. The van der Waals surface area contributed by atoms with Gasteiger partial charge in [0, 0.05) is 23.5 Å². The minimum atomic E-state index is -0.132. The van der Waals surface area contributed by atoms with Crippen molar-refractivity contribution < 1.29 is 9.53 Å². The van der Waals surface area contributed by atoms with Crippen molar-refractivity contribution in [3.63, 3.8) is 0 Å². The topological polar surface area (TPSA) is 69.0 Å². The number of carbonyl (C=O) groups is 1. The maximum Gasteiger partial charge on any atom is 0.255 e. The number of hydrogen-bond donors (Lipinski definition) is 1. The number of thioether (sulfide) groups is 1. The van der Waals surface area contributed by atoms with Gasteiger partial charge in [-0.3, -0.25) is 9.36 Å². The number of para-hydroxylation sites is 2. The summed E-state index contributed by atoms with van der Waals surface area (Å²) < 4.78 is 7.52. The van der Waals surface area contributed by atoms with Crippen molar-refractivity contribution in [2.24, 2.45) is 0 Å². The molecule has 0 saturated carbocycles. The predicted octanol–water partition coefficient (Wildman–Crippen LogP) is 5.68. The van der Waals surface area contributed by atoms with Crippen molar-refractivity contribution in [2.75, 3.05) is 12.4 Å². The van der Waals surface area contributed by atoms with Crippen molar-refractivity contribution in [3.05, 3.63) is 103 Å². The molecule has 0 atom stereocenters. The number of hydrogen-bond acceptors (Lipinski definition) is 5. The Labute approximate surface area is 197 Å². The highest BCUT2D eigenvalue weighted by Gasteiger charge is 2.17. The van der Waals surface area contributed by atoms with Crippen molar-refractivity contribution in [3.8, 4) is 17.1 Å². The fourth-order valence-corrected chi connectivity index (χ4v) is 4.25. The van der Waals surface area contributed by atoms with E-state index in [9.17, 15) is 4.79 Å². The quantitative estimate of drug-likeness (QED) is 0.259. The zero-order valence-corrected chi connectivity index (χ0v) is 19.1. The molecule has 33 heavy (non-hydrogen) atoms. The molecule has 6 nitrogen and oxygen atoms in total. The zero-order chi connectivity index (χ0) is 23.0. The number of ether oxygens (including phenoxy) is 1. The van der Waals surface area contributed by atoms with Gasteiger partial charge in [0.05, 0.1) is 12.7 Å². The van der Waals surface area contributed by atoms with E-state index in [-0.39, 0.29) is 5.91 Å². The highest BCUT2D eigenvalue weighted by Crippen LogP contribution is 2.31. The second-order valence-electron chi connectivity index (χ2n) is 7.21. The number of nitrogens with one attached hydrogen (secondary N) is 1. The molecule has 0 unspecified atom stereocenters. The zero-order valence-electron chi connectivity index (χ0n) is 18.3. The minimum absolute atomic E-state index is 0.132. The van der Waals surface area contributed by atoms with Crippen LogP contribution in [0.5, 0.6) is 5.75 Å². The van der Waals surface area contributed by atoms with E-state index in [0.29, 0.717) is 17.9 Å². The number of anilines is 1. The molecule has 4 rings (SSSR count). The standard InChI is InChI=1S/C26H24N4O2S/c1-3-17-30-24(22-11-7-8-12-23(22)32-2)28-29-26(30)33-18-19-13-15-20(16-14-19)25(31)27-21-9-5-4-6-10-21/h3-16H,1,17-18H2,2H3,(H,27,31). The van der Waals surface area contributed by atoms with Gasteiger partial charge in [0.2, 0.25) is 0 Å². The van der Waals surface area contributed by atoms with Gasteiger partial charge in [-0.2, -0.15) is 0 Å². The molecule has 0 bridgehead atoms. The molecular formula is C26H24N4O2S. The third-order valence-electron chi connectivity index (χ3n) is 4.99. The third-order valence-corrected chi connectivity index (χ3v) is 6.03. The molecule has 3 aromatic carbocycles. The van der Waals surface area contributed by atoms with E-state index in [2.05, 4.69) is 22.1 Å². The number of allylic oxidation sites excluding steroid dienone is 1. The number of benzene rings is 3. The lowest BCUT2D eigenvalue weighted by Gasteiger charge is -2.10. The molecule has 1 amide bonds. The van der Waals surface area contributed by atoms with E-state index in [4.69, 9.17) is 4.74 Å². The smallest absolute Gasteiger partial charge is 0.255 e. The van der Waals surface area contributed by atoms with Crippen LogP contribution in [-0.2, 0) is 12.3 Å². The Morgan fingerprint density at radius 1 is 1.03 bits per heavy atom. The summed E-state index contributed by atoms with van der Waals surface area (Å²) in [5.74, 6) is 2.05. The van der Waals surface area contributed by atoms with Crippen LogP contribution in [-0.4, -0.2) is 27.8 Å². The van der Waals surface area contributed by atoms with Gasteiger partial charge in [0.15, 0.2) is 11.0 Å². The second-order valence-corrected chi connectivity index (χ2v) is 8.15. The van der Waals surface area contributed by atoms with Crippen LogP contribution >= 0.6 is 11.8 Å². The molecule has 166 valence electrons. The first-order valence-corrected chi connectivity index (χ1v) is 11.4. The Morgan fingerprint density at radius 2 is 1.76 bits per heavy atom. The number of amides is 1. The fourth-order valence-electron chi connectivity index (χ4n) is 3.34. The minimum Gasteiger partial charge on any atom is -0.496 e. The van der Waals surface area contributed by atoms with Crippen LogP contribution in [0.1, 0.15) is 15.9 Å². The largest absolute Gasteiger partial charge is 0.496 e. The van der Waals surface area contributed by atoms with Gasteiger partial charge in [-0.05, 0) is 42.0 Å². The van der Waals surface area contributed by atoms with E-state index < -0.39 is 0 Å². The van der Waals surface area contributed by atoms with Gasteiger partial charge in [-0.1, -0.05) is 60.3 Å². The molecule has 0 radical (unpaired) electrons. The van der Waals surface area contributed by atoms with Crippen LogP contribution in [0.15, 0.2) is 96.7 Å². The SMILES string of the molecule is C=CCn1c(SCc2ccc(C(=O)Nc3ccccc3)cc2)nnc1-c1ccccc1OC. The first-order chi connectivity index (χ1) is 16.2. The number of rotatable bonds is 9. The van der Waals surface area contributed by atoms with Gasteiger partial charge in [0.1, 0.15) is 5.75 Å². The van der Waals surface area contributed by atoms with Crippen molar-refractivity contribution in [2.45, 2.75) is 17.5 Å². The second kappa shape index (κ2) is 10.7. The Bertz CT molecular complexity index is 1240. The summed E-state index contributed by atoms with van der Waals surface area (Å²) in [6, 6.07) is 24.8. The summed E-state index contributed by atoms with van der Waals surface area (Å²) in [7, 11) is 1.65. The van der Waals surface area contributed by atoms with Crippen LogP contribution in [0.3, 0.4) is 0 Å². The van der Waals surface area contributed by atoms with Gasteiger partial charge in [-0.25, -0.2) is 0 Å². The monoisotopic (exact) mass is 456 g/mol. The molecule has 1 heterocycles. The maximum absolute atomic E-state index is 12.5. The number of aromatic nitrogens is 3. The van der Waals surface area contributed by atoms with Crippen LogP contribution < -0.4 is 10.1 Å². The first kappa shape index (κ1) is 22.4. The number of carbonyl (C=O) groups excluding carboxylic acids is 1. The molecular weight excluding hydrogens is 432 g/mol. The summed E-state index contributed by atoms with van der Waals surface area (Å²) in [5.41, 5.74) is 3.36. The molecule has 0 aliphatic rings. The summed E-state index contributed by atoms with van der Waals surface area (Å²) in [4.78, 5) is 12.5. The third kappa shape index (κ3) is 5.32. The van der Waals surface area contributed by atoms with E-state index in [1.54, 1.807) is 18.9 Å². The number of methoxy groups -OCH3 is 1. The fraction of sp³-hybridized carbons (Fsp3) is 0.115. The van der Waals surface area contributed by atoms with Gasteiger partial charge in [0.25, 0.3) is 5.91 Å². The van der Waals surface area contributed by atoms with Crippen LogP contribution in [0.4, 0.5) is 5.69 Å². The molecule has 0 aliphatic carbocycles. The van der Waals surface area contributed by atoms with Crippen LogP contribution in [0.2, 0.25) is 0 Å². The molecule has 1 N–H and O–H groups in total. The Morgan fingerprint density at radius 3 is 2.48 bits per heavy atom. The molecule has 0 saturated heterocycles. The average molecular weight is 457 g/mol. The molecule has 0 fully saturated rings. The first-order valence-electron chi connectivity index (χ1n) is 10.4. The van der Waals surface area contributed by atoms with E-state index in [1.165, 1.54) is 0 Å². The molecule has 4 aromatic rings. The molecule has 0 spiro atoms. The lowest BCUT2D eigenvalue weighted by Crippen LogP contribution is -2.11. The summed E-state index contributed by atoms with van der Waals surface area (Å²) in [6.07, 6.45) is 1.83. The van der Waals surface area contributed by atoms with Crippen LogP contribution in [0.25, 0.3) is 11.4 Å². The van der Waals surface area contributed by atoms with Crippen molar-refractivity contribution >= 4 is 23.4 Å². The molecule has 0 aliphatic heterocycles. The van der Waals surface area contributed by atoms with E-state index >= 15 is 0 Å². The van der Waals surface area contributed by atoms with Gasteiger partial charge in [-0.15, -0.1) is 16.8 Å². The molecule has 7 heteroatoms. The summed E-state index contributed by atoms with van der Waals surface area (Å²) in [6.45, 7) is 4.46. The van der Waals surface area contributed by atoms with E-state index in [0.717, 1.165) is 33.5 Å². The number of nitrogens with zero attached hydrogens (tertiary/aromatic N) is 3. The maximum atomic E-state index is 12.5. The highest BCUT2D eigenvalue weighted by molar-refractivity contribution is 7.98. The Kier molecular flexibility index (Phi) is 7.22. The Hall–Kier alpha value is -3.84. The normalized spacial score (nSPS) is 10.6. The summed E-state index contributed by atoms with van der Waals surface area (Å²) >= 11 is 1.59. The highest BCUT2D eigenvalue weighted by atomic mass is 32.2. The Balaban J connectivity index is 1.46. The lowest BCUT2D eigenvalue weighted by molar-refractivity contribution is 0.102.